The number of aliphatic carboxylic acids is 1. The fourth-order valence-corrected chi connectivity index (χ4v) is 3.30. The lowest BCUT2D eigenvalue weighted by atomic mass is 9.89. The molecule has 0 aliphatic carbocycles. The zero-order chi connectivity index (χ0) is 15.2. The van der Waals surface area contributed by atoms with Crippen molar-refractivity contribution in [1.82, 2.24) is 10.2 Å². The Hall–Kier alpha value is -0.610. The molecule has 4 heteroatoms. The smallest absolute Gasteiger partial charge is 0.323 e. The van der Waals surface area contributed by atoms with Gasteiger partial charge >= 0.3 is 5.97 Å². The number of carboxylic acid groups (broad SMARTS) is 1. The molecule has 118 valence electrons. The first kappa shape index (κ1) is 17.4. The summed E-state index contributed by atoms with van der Waals surface area (Å²) in [5, 5.41) is 12.9. The minimum absolute atomic E-state index is 0.194. The number of hydrogen-bond acceptors (Lipinski definition) is 3. The molecule has 0 saturated carbocycles. The largest absolute Gasteiger partial charge is 0.480 e. The van der Waals surface area contributed by atoms with Crippen molar-refractivity contribution in [2.45, 2.75) is 83.8 Å². The Morgan fingerprint density at radius 2 is 2.15 bits per heavy atom. The normalized spacial score (nSPS) is 23.8. The summed E-state index contributed by atoms with van der Waals surface area (Å²) < 4.78 is 0. The molecule has 0 spiro atoms. The number of nitrogens with zero attached hydrogens (tertiary/aromatic N) is 1. The SMILES string of the molecule is CCC(CCCN1CCCCC1C)(NC(C)C)C(=O)O. The predicted molar refractivity (Wildman–Crippen MR) is 83.0 cm³/mol. The summed E-state index contributed by atoms with van der Waals surface area (Å²) >= 11 is 0. The lowest BCUT2D eigenvalue weighted by molar-refractivity contribution is -0.146. The number of rotatable bonds is 8. The third-order valence-electron chi connectivity index (χ3n) is 4.57. The average molecular weight is 284 g/mol. The van der Waals surface area contributed by atoms with Gasteiger partial charge in [0.25, 0.3) is 0 Å². The molecule has 1 aliphatic heterocycles. The Labute approximate surface area is 123 Å². The summed E-state index contributed by atoms with van der Waals surface area (Å²) in [5.74, 6) is -0.708. The van der Waals surface area contributed by atoms with Crippen molar-refractivity contribution in [3.8, 4) is 0 Å². The zero-order valence-corrected chi connectivity index (χ0v) is 13.6. The van der Waals surface area contributed by atoms with Gasteiger partial charge in [-0.1, -0.05) is 13.3 Å². The van der Waals surface area contributed by atoms with E-state index in [2.05, 4.69) is 17.1 Å². The maximum atomic E-state index is 11.7. The van der Waals surface area contributed by atoms with Crippen LogP contribution in [0, 0.1) is 0 Å². The van der Waals surface area contributed by atoms with E-state index in [4.69, 9.17) is 0 Å². The van der Waals surface area contributed by atoms with E-state index >= 15 is 0 Å². The molecule has 1 heterocycles. The van der Waals surface area contributed by atoms with Crippen LogP contribution >= 0.6 is 0 Å². The Morgan fingerprint density at radius 3 is 2.65 bits per heavy atom. The van der Waals surface area contributed by atoms with E-state index in [1.807, 2.05) is 20.8 Å². The highest BCUT2D eigenvalue weighted by molar-refractivity contribution is 5.78. The second-order valence-corrected chi connectivity index (χ2v) is 6.52. The molecule has 0 radical (unpaired) electrons. The van der Waals surface area contributed by atoms with Gasteiger partial charge in [-0.05, 0) is 66.0 Å². The molecule has 2 unspecified atom stereocenters. The van der Waals surface area contributed by atoms with Crippen LogP contribution < -0.4 is 5.32 Å². The molecular formula is C16H32N2O2. The lowest BCUT2D eigenvalue weighted by Crippen LogP contribution is -2.54. The van der Waals surface area contributed by atoms with Crippen LogP contribution in [0.3, 0.4) is 0 Å². The number of nitrogens with one attached hydrogen (secondary N) is 1. The maximum absolute atomic E-state index is 11.7. The van der Waals surface area contributed by atoms with E-state index in [0.717, 1.165) is 13.0 Å². The number of hydrogen-bond donors (Lipinski definition) is 2. The third-order valence-corrected chi connectivity index (χ3v) is 4.57. The standard InChI is InChI=1S/C16H32N2O2/c1-5-16(15(19)20,17-13(2)3)10-8-12-18-11-7-6-9-14(18)4/h13-14,17H,5-12H2,1-4H3,(H,19,20). The highest BCUT2D eigenvalue weighted by atomic mass is 16.4. The minimum Gasteiger partial charge on any atom is -0.480 e. The molecule has 0 amide bonds. The van der Waals surface area contributed by atoms with Crippen LogP contribution in [-0.4, -0.2) is 46.7 Å². The van der Waals surface area contributed by atoms with Gasteiger partial charge in [0.05, 0.1) is 0 Å². The summed E-state index contributed by atoms with van der Waals surface area (Å²) in [7, 11) is 0. The summed E-state index contributed by atoms with van der Waals surface area (Å²) in [4.78, 5) is 14.2. The highest BCUT2D eigenvalue weighted by Gasteiger charge is 2.36. The Kier molecular flexibility index (Phi) is 6.96. The van der Waals surface area contributed by atoms with E-state index in [-0.39, 0.29) is 6.04 Å². The van der Waals surface area contributed by atoms with Crippen molar-refractivity contribution in [3.63, 3.8) is 0 Å². The average Bonchev–Trinajstić information content (AvgIpc) is 2.39. The summed E-state index contributed by atoms with van der Waals surface area (Å²) in [6.07, 6.45) is 6.19. The van der Waals surface area contributed by atoms with Crippen LogP contribution in [0.2, 0.25) is 0 Å². The fraction of sp³-hybridized carbons (Fsp3) is 0.938. The second-order valence-electron chi connectivity index (χ2n) is 6.52. The minimum atomic E-state index is -0.757. The Balaban J connectivity index is 2.51. The van der Waals surface area contributed by atoms with Crippen LogP contribution in [0.1, 0.15) is 66.2 Å². The first-order valence-electron chi connectivity index (χ1n) is 8.16. The van der Waals surface area contributed by atoms with Crippen LogP contribution in [0.4, 0.5) is 0 Å². The van der Waals surface area contributed by atoms with E-state index in [1.54, 1.807) is 0 Å². The summed E-state index contributed by atoms with van der Waals surface area (Å²) in [5.41, 5.74) is -0.757. The summed E-state index contributed by atoms with van der Waals surface area (Å²) in [6, 6.07) is 0.850. The van der Waals surface area contributed by atoms with E-state index in [0.29, 0.717) is 18.9 Å². The molecule has 1 fully saturated rings. The van der Waals surface area contributed by atoms with Gasteiger partial charge < -0.3 is 10.0 Å². The van der Waals surface area contributed by atoms with E-state index in [9.17, 15) is 9.90 Å². The van der Waals surface area contributed by atoms with Gasteiger partial charge in [-0.15, -0.1) is 0 Å². The van der Waals surface area contributed by atoms with Gasteiger partial charge in [-0.3, -0.25) is 10.1 Å². The van der Waals surface area contributed by atoms with Crippen molar-refractivity contribution in [3.05, 3.63) is 0 Å². The second kappa shape index (κ2) is 7.99. The third kappa shape index (κ3) is 4.74. The molecule has 2 N–H and O–H groups in total. The Morgan fingerprint density at radius 1 is 1.45 bits per heavy atom. The molecule has 1 aliphatic rings. The van der Waals surface area contributed by atoms with Gasteiger partial charge in [0, 0.05) is 12.1 Å². The molecule has 0 aromatic rings. The zero-order valence-electron chi connectivity index (χ0n) is 13.6. The van der Waals surface area contributed by atoms with Gasteiger partial charge in [-0.25, -0.2) is 0 Å². The van der Waals surface area contributed by atoms with Crippen LogP contribution in [-0.2, 0) is 4.79 Å². The van der Waals surface area contributed by atoms with Gasteiger partial charge in [0.1, 0.15) is 5.54 Å². The lowest BCUT2D eigenvalue weighted by Gasteiger charge is -2.36. The monoisotopic (exact) mass is 284 g/mol. The van der Waals surface area contributed by atoms with E-state index < -0.39 is 11.5 Å². The van der Waals surface area contributed by atoms with Crippen molar-refractivity contribution < 1.29 is 9.90 Å². The van der Waals surface area contributed by atoms with Gasteiger partial charge in [0.2, 0.25) is 0 Å². The first-order chi connectivity index (χ1) is 9.41. The van der Waals surface area contributed by atoms with Crippen molar-refractivity contribution >= 4 is 5.97 Å². The molecule has 0 aromatic carbocycles. The topological polar surface area (TPSA) is 52.6 Å². The predicted octanol–water partition coefficient (Wildman–Crippen LogP) is 2.87. The molecule has 0 aromatic heterocycles. The van der Waals surface area contributed by atoms with Crippen LogP contribution in [0.5, 0.6) is 0 Å². The van der Waals surface area contributed by atoms with Gasteiger partial charge in [0.15, 0.2) is 0 Å². The maximum Gasteiger partial charge on any atom is 0.323 e. The van der Waals surface area contributed by atoms with Crippen molar-refractivity contribution in [2.75, 3.05) is 13.1 Å². The first-order valence-corrected chi connectivity index (χ1v) is 8.16. The van der Waals surface area contributed by atoms with Crippen LogP contribution in [0.25, 0.3) is 0 Å². The highest BCUT2D eigenvalue weighted by Crippen LogP contribution is 2.22. The summed E-state index contributed by atoms with van der Waals surface area (Å²) in [6.45, 7) is 10.5. The van der Waals surface area contributed by atoms with Gasteiger partial charge in [-0.2, -0.15) is 0 Å². The molecule has 1 saturated heterocycles. The van der Waals surface area contributed by atoms with Crippen LogP contribution in [0.15, 0.2) is 0 Å². The number of carbonyl (C=O) groups is 1. The molecule has 4 nitrogen and oxygen atoms in total. The van der Waals surface area contributed by atoms with E-state index in [1.165, 1.54) is 25.8 Å². The molecule has 0 bridgehead atoms. The molecule has 2 atom stereocenters. The number of carboxylic acids is 1. The quantitative estimate of drug-likeness (QED) is 0.719. The Bertz CT molecular complexity index is 307. The van der Waals surface area contributed by atoms with Crippen molar-refractivity contribution in [2.24, 2.45) is 0 Å². The number of likely N-dealkylation sites (tertiary alicyclic amines) is 1. The fourth-order valence-electron chi connectivity index (χ4n) is 3.30. The molecule has 1 rings (SSSR count). The molecular weight excluding hydrogens is 252 g/mol. The molecule has 20 heavy (non-hydrogen) atoms. The number of piperidine rings is 1. The van der Waals surface area contributed by atoms with Crippen molar-refractivity contribution in [1.29, 1.82) is 0 Å².